The third-order valence-corrected chi connectivity index (χ3v) is 6.41. The van der Waals surface area contributed by atoms with Gasteiger partial charge in [0, 0.05) is 5.56 Å². The van der Waals surface area contributed by atoms with Crippen LogP contribution in [-0.2, 0) is 20.2 Å². The van der Waals surface area contributed by atoms with Crippen LogP contribution < -0.4 is 9.27 Å². The topological polar surface area (TPSA) is 106 Å². The zero-order valence-electron chi connectivity index (χ0n) is 13.5. The van der Waals surface area contributed by atoms with Crippen LogP contribution in [0.15, 0.2) is 83.8 Å². The predicted octanol–water partition coefficient (Wildman–Crippen LogP) is 2.50. The van der Waals surface area contributed by atoms with Crippen LogP contribution in [-0.4, -0.2) is 16.8 Å². The summed E-state index contributed by atoms with van der Waals surface area (Å²) in [4.78, 5) is -0.168. The average Bonchev–Trinajstić information content (AvgIpc) is 2.60. The van der Waals surface area contributed by atoms with E-state index in [4.69, 9.17) is 5.14 Å². The second-order valence-corrected chi connectivity index (χ2v) is 8.75. The number of nitrogens with two attached hydrogens (primary N) is 1. The van der Waals surface area contributed by atoms with Crippen LogP contribution >= 0.6 is 0 Å². The molecule has 3 N–H and O–H groups in total. The molecular weight excluding hydrogens is 372 g/mol. The van der Waals surface area contributed by atoms with Gasteiger partial charge in [-0.15, -0.1) is 0 Å². The molecule has 3 aromatic rings. The highest BCUT2D eigenvalue weighted by Crippen LogP contribution is 2.37. The standard InChI is InChI=1S/C18H16N2O4S2/c19-26(23,24)20-25(21,22)17-13-7-12-16(14-8-3-1-4-9-14)18(17)15-10-5-2-6-11-15/h1-13,20H,(H2,19,23,24). The monoisotopic (exact) mass is 388 g/mol. The van der Waals surface area contributed by atoms with Crippen molar-refractivity contribution < 1.29 is 16.8 Å². The van der Waals surface area contributed by atoms with Gasteiger partial charge in [-0.1, -0.05) is 76.9 Å². The summed E-state index contributed by atoms with van der Waals surface area (Å²) in [7, 11) is -8.83. The fourth-order valence-corrected chi connectivity index (χ4v) is 5.05. The molecule has 0 aromatic heterocycles. The van der Waals surface area contributed by atoms with Gasteiger partial charge in [-0.3, -0.25) is 0 Å². The molecule has 6 nitrogen and oxygen atoms in total. The van der Waals surface area contributed by atoms with Crippen molar-refractivity contribution in [3.8, 4) is 22.3 Å². The summed E-state index contributed by atoms with van der Waals surface area (Å²) in [5.74, 6) is 0. The van der Waals surface area contributed by atoms with Crippen molar-refractivity contribution in [1.82, 2.24) is 4.13 Å². The van der Waals surface area contributed by atoms with Gasteiger partial charge in [0.1, 0.15) is 0 Å². The van der Waals surface area contributed by atoms with E-state index in [2.05, 4.69) is 0 Å². The highest BCUT2D eigenvalue weighted by molar-refractivity contribution is 8.03. The third-order valence-electron chi connectivity index (χ3n) is 3.69. The number of rotatable bonds is 5. The quantitative estimate of drug-likeness (QED) is 0.700. The minimum absolute atomic E-state index is 0.168. The molecule has 0 radical (unpaired) electrons. The Morgan fingerprint density at radius 2 is 1.19 bits per heavy atom. The molecule has 0 heterocycles. The smallest absolute Gasteiger partial charge is 0.215 e. The molecule has 134 valence electrons. The maximum atomic E-state index is 12.7. The van der Waals surface area contributed by atoms with Gasteiger partial charge in [0.05, 0.1) is 4.90 Å². The molecule has 0 aliphatic carbocycles. The summed E-state index contributed by atoms with van der Waals surface area (Å²) in [6, 6.07) is 22.8. The van der Waals surface area contributed by atoms with Crippen LogP contribution in [0.25, 0.3) is 22.3 Å². The molecule has 0 atom stereocenters. The first kappa shape index (κ1) is 18.3. The Labute approximate surface area is 152 Å². The third kappa shape index (κ3) is 4.00. The highest BCUT2D eigenvalue weighted by Gasteiger charge is 2.25. The van der Waals surface area contributed by atoms with Gasteiger partial charge in [0.2, 0.25) is 0 Å². The molecule has 0 amide bonds. The molecular formula is C18H16N2O4S2. The van der Waals surface area contributed by atoms with Gasteiger partial charge in [-0.2, -0.15) is 8.42 Å². The largest absolute Gasteiger partial charge is 0.287 e. The van der Waals surface area contributed by atoms with E-state index in [1.54, 1.807) is 36.4 Å². The Bertz CT molecular complexity index is 1130. The van der Waals surface area contributed by atoms with Gasteiger partial charge in [-0.05, 0) is 22.8 Å². The van der Waals surface area contributed by atoms with E-state index >= 15 is 0 Å². The molecule has 3 rings (SSSR count). The minimum Gasteiger partial charge on any atom is -0.215 e. The molecule has 0 aliphatic rings. The van der Waals surface area contributed by atoms with Gasteiger partial charge >= 0.3 is 0 Å². The normalized spacial score (nSPS) is 12.0. The summed E-state index contributed by atoms with van der Waals surface area (Å²) < 4.78 is 49.5. The van der Waals surface area contributed by atoms with Crippen LogP contribution in [0.3, 0.4) is 0 Å². The zero-order valence-corrected chi connectivity index (χ0v) is 15.2. The molecule has 0 saturated heterocycles. The first-order chi connectivity index (χ1) is 12.3. The van der Waals surface area contributed by atoms with Crippen molar-refractivity contribution in [3.05, 3.63) is 78.9 Å². The first-order valence-electron chi connectivity index (χ1n) is 7.58. The molecule has 0 saturated carbocycles. The van der Waals surface area contributed by atoms with Crippen molar-refractivity contribution in [2.24, 2.45) is 5.14 Å². The van der Waals surface area contributed by atoms with Crippen molar-refractivity contribution in [2.45, 2.75) is 4.90 Å². The maximum Gasteiger partial charge on any atom is 0.287 e. The Balaban J connectivity index is 2.33. The summed E-state index contributed by atoms with van der Waals surface area (Å²) in [5.41, 5.74) is 2.50. The predicted molar refractivity (Wildman–Crippen MR) is 101 cm³/mol. The molecule has 0 spiro atoms. The second kappa shape index (κ2) is 7.00. The molecule has 0 bridgehead atoms. The number of benzene rings is 3. The molecule has 0 fully saturated rings. The van der Waals surface area contributed by atoms with Crippen LogP contribution in [0.1, 0.15) is 0 Å². The van der Waals surface area contributed by atoms with Crippen molar-refractivity contribution >= 4 is 20.2 Å². The molecule has 26 heavy (non-hydrogen) atoms. The molecule has 0 unspecified atom stereocenters. The van der Waals surface area contributed by atoms with E-state index in [0.717, 1.165) is 5.56 Å². The van der Waals surface area contributed by atoms with Crippen molar-refractivity contribution in [3.63, 3.8) is 0 Å². The lowest BCUT2D eigenvalue weighted by molar-refractivity contribution is 0.578. The Hall–Kier alpha value is -2.52. The maximum absolute atomic E-state index is 12.7. The van der Waals surface area contributed by atoms with Crippen LogP contribution in [0.5, 0.6) is 0 Å². The van der Waals surface area contributed by atoms with Crippen LogP contribution in [0.4, 0.5) is 0 Å². The van der Waals surface area contributed by atoms with E-state index in [1.165, 1.54) is 10.2 Å². The van der Waals surface area contributed by atoms with Crippen molar-refractivity contribution in [2.75, 3.05) is 0 Å². The summed E-state index contributed by atoms with van der Waals surface area (Å²) in [5, 5.41) is 4.88. The molecule has 8 heteroatoms. The van der Waals surface area contributed by atoms with Gasteiger partial charge in [-0.25, -0.2) is 13.6 Å². The summed E-state index contributed by atoms with van der Waals surface area (Å²) >= 11 is 0. The average molecular weight is 388 g/mol. The first-order valence-corrected chi connectivity index (χ1v) is 10.6. The number of sulfonamides is 1. The minimum atomic E-state index is -4.44. The molecule has 3 aromatic carbocycles. The van der Waals surface area contributed by atoms with Gasteiger partial charge in [0.15, 0.2) is 0 Å². The Kier molecular flexibility index (Phi) is 4.92. The van der Waals surface area contributed by atoms with E-state index in [-0.39, 0.29) is 4.90 Å². The second-order valence-electron chi connectivity index (χ2n) is 5.54. The fraction of sp³-hybridized carbons (Fsp3) is 0. The SMILES string of the molecule is NS(=O)(=O)NS(=O)(=O)c1cccc(-c2ccccc2)c1-c1ccccc1. The lowest BCUT2D eigenvalue weighted by atomic mass is 9.94. The van der Waals surface area contributed by atoms with Crippen LogP contribution in [0.2, 0.25) is 0 Å². The van der Waals surface area contributed by atoms with E-state index in [0.29, 0.717) is 16.7 Å². The zero-order chi connectivity index (χ0) is 18.8. The van der Waals surface area contributed by atoms with Crippen molar-refractivity contribution in [1.29, 1.82) is 0 Å². The van der Waals surface area contributed by atoms with E-state index in [1.807, 2.05) is 36.4 Å². The van der Waals surface area contributed by atoms with Crippen LogP contribution in [0, 0.1) is 0 Å². The molecule has 0 aliphatic heterocycles. The Morgan fingerprint density at radius 3 is 1.73 bits per heavy atom. The highest BCUT2D eigenvalue weighted by atomic mass is 32.3. The fourth-order valence-electron chi connectivity index (χ4n) is 2.71. The Morgan fingerprint density at radius 1 is 0.654 bits per heavy atom. The summed E-state index contributed by atoms with van der Waals surface area (Å²) in [6.45, 7) is 0. The van der Waals surface area contributed by atoms with Gasteiger partial charge < -0.3 is 0 Å². The van der Waals surface area contributed by atoms with E-state index < -0.39 is 20.2 Å². The lowest BCUT2D eigenvalue weighted by Crippen LogP contribution is -2.36. The number of hydrogen-bond donors (Lipinski definition) is 2. The number of hydrogen-bond acceptors (Lipinski definition) is 4. The summed E-state index contributed by atoms with van der Waals surface area (Å²) in [6.07, 6.45) is 0. The lowest BCUT2D eigenvalue weighted by Gasteiger charge is -2.16. The van der Waals surface area contributed by atoms with Gasteiger partial charge in [0.25, 0.3) is 20.2 Å². The van der Waals surface area contributed by atoms with E-state index in [9.17, 15) is 16.8 Å². The number of nitrogens with one attached hydrogen (secondary N) is 1.